The lowest BCUT2D eigenvalue weighted by Crippen LogP contribution is -2.07. The Balaban J connectivity index is 1.35. The van der Waals surface area contributed by atoms with Gasteiger partial charge in [0, 0.05) is 32.0 Å². The van der Waals surface area contributed by atoms with Crippen LogP contribution >= 0.6 is 11.3 Å². The van der Waals surface area contributed by atoms with Gasteiger partial charge in [0.05, 0.1) is 17.3 Å². The van der Waals surface area contributed by atoms with Crippen LogP contribution < -0.4 is 0 Å². The molecule has 0 radical (unpaired) electrons. The molecule has 10 aromatic rings. The van der Waals surface area contributed by atoms with Gasteiger partial charge in [0.15, 0.2) is 0 Å². The molecule has 0 saturated carbocycles. The van der Waals surface area contributed by atoms with Crippen LogP contribution in [0.4, 0.5) is 0 Å². The third-order valence-electron chi connectivity index (χ3n) is 9.95. The first-order valence-corrected chi connectivity index (χ1v) is 16.8. The van der Waals surface area contributed by atoms with Gasteiger partial charge in [0.25, 0.3) is 0 Å². The minimum Gasteiger partial charge on any atom is -0.456 e. The molecule has 3 aromatic heterocycles. The second-order valence-corrected chi connectivity index (χ2v) is 13.4. The fourth-order valence-electron chi connectivity index (χ4n) is 8.02. The molecule has 0 saturated heterocycles. The first-order valence-electron chi connectivity index (χ1n) is 16.0. The number of thiophene rings is 1. The summed E-state index contributed by atoms with van der Waals surface area (Å²) in [6.07, 6.45) is 0. The van der Waals surface area contributed by atoms with E-state index < -0.39 is 0 Å². The monoisotopic (exact) mass is 616 g/mol. The topological polar surface area (TPSA) is 38.9 Å². The highest BCUT2D eigenvalue weighted by Gasteiger charge is 2.38. The highest BCUT2D eigenvalue weighted by Crippen LogP contribution is 2.56. The number of aromatic nitrogens is 2. The quantitative estimate of drug-likeness (QED) is 0.194. The fourth-order valence-corrected chi connectivity index (χ4v) is 9.04. The molecule has 0 bridgehead atoms. The molecule has 47 heavy (non-hydrogen) atoms. The maximum atomic E-state index is 7.04. The maximum absolute atomic E-state index is 7.04. The van der Waals surface area contributed by atoms with Crippen LogP contribution in [0.25, 0.3) is 86.3 Å². The maximum Gasteiger partial charge on any atom is 0.143 e. The number of furan rings is 1. The number of nitrogens with zero attached hydrogens (tertiary/aromatic N) is 2. The van der Waals surface area contributed by atoms with E-state index in [1.807, 2.05) is 0 Å². The van der Waals surface area contributed by atoms with E-state index in [9.17, 15) is 0 Å². The van der Waals surface area contributed by atoms with Gasteiger partial charge < -0.3 is 4.42 Å². The van der Waals surface area contributed by atoms with Crippen LogP contribution in [-0.4, -0.2) is 9.97 Å². The standard InChI is InChI=1S/C43H24N2OS/c1-2-13-25(14-3-1)39-41(44-40-31-20-10-11-21-33(31)47-43(40)45-39)36-29-18-8-6-16-27(29)34-28-17-7-9-19-30(28)37-35-26-15-5-4-12-24(26)22-23-32(35)46-42(37)38(34)36/h1-23,36H. The third kappa shape index (κ3) is 3.40. The van der Waals surface area contributed by atoms with Gasteiger partial charge in [-0.15, -0.1) is 11.3 Å². The van der Waals surface area contributed by atoms with E-state index in [-0.39, 0.29) is 5.92 Å². The van der Waals surface area contributed by atoms with Crippen LogP contribution in [-0.2, 0) is 0 Å². The zero-order valence-electron chi connectivity index (χ0n) is 25.1. The molecule has 0 aliphatic heterocycles. The summed E-state index contributed by atoms with van der Waals surface area (Å²) in [5.41, 5.74) is 10.6. The molecular formula is C43H24N2OS. The number of fused-ring (bicyclic) bond motifs is 15. The fraction of sp³-hybridized carbons (Fsp3) is 0.0233. The second kappa shape index (κ2) is 9.35. The molecule has 0 amide bonds. The van der Waals surface area contributed by atoms with Gasteiger partial charge in [0.2, 0.25) is 0 Å². The van der Waals surface area contributed by atoms with Crippen molar-refractivity contribution in [1.82, 2.24) is 9.97 Å². The number of hydrogen-bond acceptors (Lipinski definition) is 4. The van der Waals surface area contributed by atoms with Crippen LogP contribution in [0.2, 0.25) is 0 Å². The van der Waals surface area contributed by atoms with Crippen molar-refractivity contribution in [1.29, 1.82) is 0 Å². The SMILES string of the molecule is c1ccc(-c2nc3sc4ccccc4c3nc2C2c3ccccc3-c3c2c2oc4ccc5ccccc5c4c2c2ccccc32)cc1. The van der Waals surface area contributed by atoms with Crippen LogP contribution in [0.1, 0.15) is 22.7 Å². The molecule has 3 heterocycles. The first-order chi connectivity index (χ1) is 23.3. The molecule has 4 heteroatoms. The average molecular weight is 617 g/mol. The second-order valence-electron chi connectivity index (χ2n) is 12.4. The smallest absolute Gasteiger partial charge is 0.143 e. The van der Waals surface area contributed by atoms with Gasteiger partial charge in [-0.2, -0.15) is 0 Å². The minimum atomic E-state index is -0.175. The van der Waals surface area contributed by atoms with Crippen molar-refractivity contribution in [2.45, 2.75) is 5.92 Å². The predicted molar refractivity (Wildman–Crippen MR) is 195 cm³/mol. The molecule has 7 aromatic carbocycles. The van der Waals surface area contributed by atoms with Crippen molar-refractivity contribution in [3.63, 3.8) is 0 Å². The zero-order valence-corrected chi connectivity index (χ0v) is 25.9. The summed E-state index contributed by atoms with van der Waals surface area (Å²) in [6, 6.07) is 49.6. The van der Waals surface area contributed by atoms with Gasteiger partial charge in [0.1, 0.15) is 21.5 Å². The lowest BCUT2D eigenvalue weighted by atomic mass is 9.87. The van der Waals surface area contributed by atoms with E-state index >= 15 is 0 Å². The molecule has 0 spiro atoms. The Bertz CT molecular complexity index is 2920. The molecule has 1 atom stereocenters. The van der Waals surface area contributed by atoms with E-state index in [0.717, 1.165) is 43.9 Å². The summed E-state index contributed by atoms with van der Waals surface area (Å²) in [4.78, 5) is 12.0. The molecule has 3 nitrogen and oxygen atoms in total. The Morgan fingerprint density at radius 3 is 2.19 bits per heavy atom. The van der Waals surface area contributed by atoms with Crippen molar-refractivity contribution in [3.8, 4) is 22.4 Å². The molecule has 218 valence electrons. The van der Waals surface area contributed by atoms with Crippen LogP contribution in [0, 0.1) is 0 Å². The first kappa shape index (κ1) is 25.4. The Morgan fingerprint density at radius 2 is 1.30 bits per heavy atom. The molecule has 1 unspecified atom stereocenters. The van der Waals surface area contributed by atoms with Crippen molar-refractivity contribution in [2.75, 3.05) is 0 Å². The van der Waals surface area contributed by atoms with Gasteiger partial charge in [-0.25, -0.2) is 9.97 Å². The van der Waals surface area contributed by atoms with Crippen LogP contribution in [0.3, 0.4) is 0 Å². The normalized spacial score (nSPS) is 14.2. The van der Waals surface area contributed by atoms with E-state index in [4.69, 9.17) is 14.4 Å². The Hall–Kier alpha value is -5.84. The van der Waals surface area contributed by atoms with Gasteiger partial charge in [-0.1, -0.05) is 127 Å². The Labute approximate surface area is 273 Å². The van der Waals surface area contributed by atoms with E-state index in [1.165, 1.54) is 59.3 Å². The lowest BCUT2D eigenvalue weighted by molar-refractivity contribution is 0.662. The Morgan fingerprint density at radius 1 is 0.574 bits per heavy atom. The summed E-state index contributed by atoms with van der Waals surface area (Å²) in [7, 11) is 0. The minimum absolute atomic E-state index is 0.175. The zero-order chi connectivity index (χ0) is 30.6. The summed E-state index contributed by atoms with van der Waals surface area (Å²) in [6.45, 7) is 0. The van der Waals surface area contributed by atoms with Crippen molar-refractivity contribution >= 4 is 75.3 Å². The summed E-state index contributed by atoms with van der Waals surface area (Å²) in [5, 5.41) is 8.33. The molecule has 0 N–H and O–H groups in total. The van der Waals surface area contributed by atoms with Crippen LogP contribution in [0.5, 0.6) is 0 Å². The van der Waals surface area contributed by atoms with Crippen molar-refractivity contribution < 1.29 is 4.42 Å². The molecule has 1 aliphatic rings. The molecular weight excluding hydrogens is 593 g/mol. The van der Waals surface area contributed by atoms with E-state index in [0.29, 0.717) is 0 Å². The highest BCUT2D eigenvalue weighted by atomic mass is 32.1. The van der Waals surface area contributed by atoms with Crippen LogP contribution in [0.15, 0.2) is 144 Å². The summed E-state index contributed by atoms with van der Waals surface area (Å²) < 4.78 is 8.23. The van der Waals surface area contributed by atoms with Gasteiger partial charge in [-0.05, 0) is 50.4 Å². The van der Waals surface area contributed by atoms with Crippen molar-refractivity contribution in [3.05, 3.63) is 156 Å². The highest BCUT2D eigenvalue weighted by molar-refractivity contribution is 7.25. The lowest BCUT2D eigenvalue weighted by Gasteiger charge is -2.18. The number of benzene rings is 7. The molecule has 11 rings (SSSR count). The summed E-state index contributed by atoms with van der Waals surface area (Å²) in [5.74, 6) is -0.175. The number of hydrogen-bond donors (Lipinski definition) is 0. The van der Waals surface area contributed by atoms with E-state index in [1.54, 1.807) is 11.3 Å². The van der Waals surface area contributed by atoms with Crippen molar-refractivity contribution in [2.24, 2.45) is 0 Å². The van der Waals surface area contributed by atoms with Gasteiger partial charge in [-0.3, -0.25) is 0 Å². The Kier molecular flexibility index (Phi) is 5.05. The third-order valence-corrected chi connectivity index (χ3v) is 11.0. The van der Waals surface area contributed by atoms with Gasteiger partial charge >= 0.3 is 0 Å². The molecule has 0 fully saturated rings. The average Bonchev–Trinajstić information content (AvgIpc) is 3.81. The summed E-state index contributed by atoms with van der Waals surface area (Å²) >= 11 is 1.71. The number of rotatable bonds is 2. The largest absolute Gasteiger partial charge is 0.456 e. The predicted octanol–water partition coefficient (Wildman–Crippen LogP) is 11.9. The molecule has 1 aliphatic carbocycles. The van der Waals surface area contributed by atoms with E-state index in [2.05, 4.69) is 140 Å².